The predicted molar refractivity (Wildman–Crippen MR) is 316 cm³/mol. The number of likely N-dealkylation sites (N-methyl/N-ethyl adjacent to an activating group) is 2. The molecule has 0 saturated heterocycles. The summed E-state index contributed by atoms with van der Waals surface area (Å²) in [6.45, 7) is 24.0. The lowest BCUT2D eigenvalue weighted by molar-refractivity contribution is -0.130. The number of fused-ring (bicyclic) bond motifs is 2. The second kappa shape index (κ2) is 36.2. The van der Waals surface area contributed by atoms with Crippen LogP contribution in [0.2, 0.25) is 0 Å². The zero-order valence-corrected chi connectivity index (χ0v) is 48.7. The number of allylic oxidation sites excluding steroid dienone is 4. The number of rotatable bonds is 39. The number of amides is 4. The van der Waals surface area contributed by atoms with E-state index in [2.05, 4.69) is 79.4 Å². The number of phenols is 1. The Kier molecular flexibility index (Phi) is 30.4. The Bertz CT molecular complexity index is 2650. The first-order valence-electron chi connectivity index (χ1n) is 27.8. The van der Waals surface area contributed by atoms with Crippen molar-refractivity contribution in [3.63, 3.8) is 0 Å². The van der Waals surface area contributed by atoms with Gasteiger partial charge >= 0.3 is 0 Å². The third kappa shape index (κ3) is 22.9. The van der Waals surface area contributed by atoms with E-state index in [1.54, 1.807) is 0 Å². The Labute approximate surface area is 471 Å². The standard InChI is InChI=1S/C56H92N14O10/c1-10-69(11-2)30-28-61-24-26-63-53(75)40(16-14-22-65-55(57)58)67-46(71)34-78-42-32-44-49(50(73)38(42)20-18-36(5)6)51(74)48-39(21-19-37(7)8)52(77-9)45(33-43(48)80-44)79-35-47(72)68-41(17-15-23-66-56(59)60)54(76)64-27-25-62-29-31-70(12-3)13-4/h18-19,32-33,40-41,61-62,73H,10-17,20-31,34-35H2,1-9H3,(H,63,75)(H,64,76)(H,67,71)(H,68,72)(H4,57,58,65)(H4,59,60,66). The first kappa shape index (κ1) is 67.1. The minimum atomic E-state index is -0.955. The van der Waals surface area contributed by atoms with Crippen LogP contribution in [0.15, 0.2) is 54.6 Å². The number of nitrogens with two attached hydrogens (primary N) is 4. The van der Waals surface area contributed by atoms with Gasteiger partial charge in [-0.1, -0.05) is 51.0 Å². The van der Waals surface area contributed by atoms with Crippen LogP contribution in [0.4, 0.5) is 0 Å². The van der Waals surface area contributed by atoms with Gasteiger partial charge in [-0.3, -0.25) is 34.0 Å². The number of carbonyl (C=O) groups is 4. The third-order valence-corrected chi connectivity index (χ3v) is 13.1. The summed E-state index contributed by atoms with van der Waals surface area (Å²) in [4.78, 5) is 81.7. The molecule has 0 bridgehead atoms. The molecule has 2 aromatic carbocycles. The van der Waals surface area contributed by atoms with E-state index < -0.39 is 60.1 Å². The molecule has 0 saturated carbocycles. The van der Waals surface area contributed by atoms with Gasteiger partial charge < -0.3 is 88.4 Å². The highest BCUT2D eigenvalue weighted by Gasteiger charge is 2.27. The predicted octanol–water partition coefficient (Wildman–Crippen LogP) is 1.61. The fourth-order valence-corrected chi connectivity index (χ4v) is 8.57. The molecule has 24 nitrogen and oxygen atoms in total. The molecule has 2 unspecified atom stereocenters. The first-order valence-corrected chi connectivity index (χ1v) is 27.8. The first-order chi connectivity index (χ1) is 38.3. The van der Waals surface area contributed by atoms with Crippen molar-refractivity contribution in [2.24, 2.45) is 32.9 Å². The highest BCUT2D eigenvalue weighted by Crippen LogP contribution is 2.41. The maximum atomic E-state index is 14.9. The summed E-state index contributed by atoms with van der Waals surface area (Å²) < 4.78 is 24.6. The number of benzene rings is 2. The number of nitrogens with one attached hydrogen (secondary N) is 6. The number of aromatic hydroxyl groups is 1. The molecule has 1 heterocycles. The van der Waals surface area contributed by atoms with Crippen LogP contribution < -0.4 is 74.5 Å². The molecular formula is C56H92N14O10. The SMILES string of the molecule is CCN(CC)CCNCCNC(=O)C(CCCN=C(N)N)NC(=O)COc1cc2oc3cc(OCC(=O)NC(CCCN=C(N)N)C(=O)NCCNCCN(CC)CC)c(OC)c(CC=C(C)C)c3c(=O)c2c(O)c1CC=C(C)C. The molecule has 0 aliphatic heterocycles. The Morgan fingerprint density at radius 1 is 0.650 bits per heavy atom. The van der Waals surface area contributed by atoms with Crippen LogP contribution in [-0.4, -0.2) is 174 Å². The van der Waals surface area contributed by atoms with Crippen LogP contribution in [0.3, 0.4) is 0 Å². The molecule has 0 spiro atoms. The van der Waals surface area contributed by atoms with Crippen molar-refractivity contribution in [1.82, 2.24) is 41.7 Å². The van der Waals surface area contributed by atoms with Crippen molar-refractivity contribution in [3.8, 4) is 23.0 Å². The zero-order chi connectivity index (χ0) is 59.1. The van der Waals surface area contributed by atoms with E-state index in [4.69, 9.17) is 41.6 Å². The number of phenolic OH excluding ortho intramolecular Hbond substituents is 1. The number of ether oxygens (including phenoxy) is 3. The molecule has 0 fully saturated rings. The number of guanidine groups is 2. The Morgan fingerprint density at radius 2 is 1.09 bits per heavy atom. The lowest BCUT2D eigenvalue weighted by Crippen LogP contribution is -2.49. The van der Waals surface area contributed by atoms with Crippen LogP contribution in [0.25, 0.3) is 21.9 Å². The topological polar surface area (TPSA) is 354 Å². The quantitative estimate of drug-likeness (QED) is 0.0127. The molecule has 1 aromatic heterocycles. The number of methoxy groups -OCH3 is 1. The van der Waals surface area contributed by atoms with Gasteiger partial charge in [0.2, 0.25) is 17.2 Å². The van der Waals surface area contributed by atoms with Crippen LogP contribution in [0.5, 0.6) is 23.0 Å². The smallest absolute Gasteiger partial charge is 0.258 e. The minimum absolute atomic E-state index is 0.0346. The van der Waals surface area contributed by atoms with Gasteiger partial charge in [0.25, 0.3) is 11.8 Å². The van der Waals surface area contributed by atoms with Gasteiger partial charge in [0.05, 0.1) is 12.5 Å². The van der Waals surface area contributed by atoms with Crippen LogP contribution >= 0.6 is 0 Å². The van der Waals surface area contributed by atoms with E-state index in [0.29, 0.717) is 44.6 Å². The summed E-state index contributed by atoms with van der Waals surface area (Å²) in [7, 11) is 1.40. The van der Waals surface area contributed by atoms with Gasteiger partial charge in [-0.15, -0.1) is 0 Å². The van der Waals surface area contributed by atoms with E-state index >= 15 is 0 Å². The molecule has 80 heavy (non-hydrogen) atoms. The highest BCUT2D eigenvalue weighted by atomic mass is 16.5. The van der Waals surface area contributed by atoms with Crippen LogP contribution in [-0.2, 0) is 32.0 Å². The van der Waals surface area contributed by atoms with Crippen molar-refractivity contribution in [3.05, 3.63) is 56.8 Å². The number of carbonyl (C=O) groups excluding carboxylic acids is 4. The van der Waals surface area contributed by atoms with Gasteiger partial charge in [-0.05, 0) is 92.4 Å². The van der Waals surface area contributed by atoms with Gasteiger partial charge in [0.15, 0.2) is 36.6 Å². The zero-order valence-electron chi connectivity index (χ0n) is 48.7. The number of nitrogens with zero attached hydrogens (tertiary/aromatic N) is 4. The lowest BCUT2D eigenvalue weighted by Gasteiger charge is -2.20. The monoisotopic (exact) mass is 1120 g/mol. The average Bonchev–Trinajstić information content (AvgIpc) is 3.48. The number of hydrogen-bond acceptors (Lipinski definition) is 16. The fraction of sp³-hybridized carbons (Fsp3) is 0.589. The van der Waals surface area contributed by atoms with Crippen molar-refractivity contribution in [1.29, 1.82) is 0 Å². The van der Waals surface area contributed by atoms with Crippen LogP contribution in [0, 0.1) is 0 Å². The van der Waals surface area contributed by atoms with Gasteiger partial charge in [-0.25, -0.2) is 0 Å². The van der Waals surface area contributed by atoms with Gasteiger partial charge in [0, 0.05) is 88.7 Å². The highest BCUT2D eigenvalue weighted by molar-refractivity contribution is 5.98. The molecule has 0 radical (unpaired) electrons. The maximum absolute atomic E-state index is 14.9. The molecule has 0 aliphatic carbocycles. The summed E-state index contributed by atoms with van der Waals surface area (Å²) in [5.74, 6) is -2.40. The summed E-state index contributed by atoms with van der Waals surface area (Å²) in [6, 6.07) is 0.948. The minimum Gasteiger partial charge on any atom is -0.507 e. The summed E-state index contributed by atoms with van der Waals surface area (Å²) in [5.41, 5.74) is 23.9. The van der Waals surface area contributed by atoms with Crippen LogP contribution in [0.1, 0.15) is 92.2 Å². The molecule has 3 rings (SSSR count). The molecule has 2 atom stereocenters. The van der Waals surface area contributed by atoms with E-state index in [1.165, 1.54) is 19.2 Å². The maximum Gasteiger partial charge on any atom is 0.258 e. The third-order valence-electron chi connectivity index (χ3n) is 13.1. The lowest BCUT2D eigenvalue weighted by atomic mass is 9.98. The molecule has 446 valence electrons. The molecule has 24 heteroatoms. The van der Waals surface area contributed by atoms with E-state index in [-0.39, 0.29) is 95.4 Å². The van der Waals surface area contributed by atoms with Crippen molar-refractivity contribution >= 4 is 57.5 Å². The van der Waals surface area contributed by atoms with Gasteiger partial charge in [0.1, 0.15) is 40.1 Å². The molecule has 3 aromatic rings. The Hall–Kier alpha value is -7.15. The number of hydrogen-bond donors (Lipinski definition) is 11. The van der Waals surface area contributed by atoms with E-state index in [1.807, 2.05) is 39.8 Å². The van der Waals surface area contributed by atoms with Crippen molar-refractivity contribution in [2.75, 3.05) is 112 Å². The second-order valence-electron chi connectivity index (χ2n) is 19.6. The second-order valence-corrected chi connectivity index (χ2v) is 19.6. The molecule has 0 aliphatic rings. The number of aliphatic imine (C=N–C) groups is 2. The van der Waals surface area contributed by atoms with Gasteiger partial charge in [-0.2, -0.15) is 0 Å². The molecule has 4 amide bonds. The normalized spacial score (nSPS) is 11.9. The van der Waals surface area contributed by atoms with E-state index in [9.17, 15) is 29.1 Å². The average molecular weight is 1120 g/mol. The molecule has 15 N–H and O–H groups in total. The Balaban J connectivity index is 1.99. The summed E-state index contributed by atoms with van der Waals surface area (Å²) in [6.07, 6.45) is 5.24. The summed E-state index contributed by atoms with van der Waals surface area (Å²) >= 11 is 0. The van der Waals surface area contributed by atoms with E-state index in [0.717, 1.165) is 63.5 Å². The van der Waals surface area contributed by atoms with Crippen molar-refractivity contribution < 1.29 is 42.9 Å². The summed E-state index contributed by atoms with van der Waals surface area (Å²) in [5, 5.41) is 30.0. The van der Waals surface area contributed by atoms with Crippen molar-refractivity contribution in [2.45, 2.75) is 106 Å². The largest absolute Gasteiger partial charge is 0.507 e. The fourth-order valence-electron chi connectivity index (χ4n) is 8.57. The molecular weight excluding hydrogens is 1030 g/mol. The Morgan fingerprint density at radius 3 is 1.52 bits per heavy atom.